The second-order valence-electron chi connectivity index (χ2n) is 4.21. The topological polar surface area (TPSA) is 78.0 Å². The van der Waals surface area contributed by atoms with Gasteiger partial charge in [0.25, 0.3) is 5.69 Å². The van der Waals surface area contributed by atoms with E-state index < -0.39 is 4.92 Å². The molecule has 104 valence electrons. The molecule has 6 nitrogen and oxygen atoms in total. The lowest BCUT2D eigenvalue weighted by molar-refractivity contribution is -0.384. The van der Waals surface area contributed by atoms with Crippen molar-refractivity contribution in [2.24, 2.45) is 0 Å². The number of benzene rings is 1. The van der Waals surface area contributed by atoms with E-state index in [2.05, 4.69) is 5.10 Å². The largest absolute Gasteiger partial charge is 0.298 e. The standard InChI is InChI=1S/C13H12ClN3O3/c1-2-4-12-11(8-18)13(14)16(15-12)9-5-3-6-10(7-9)17(19)20/h3,5-8H,2,4H2,1H3. The van der Waals surface area contributed by atoms with Gasteiger partial charge in [0.15, 0.2) is 6.29 Å². The summed E-state index contributed by atoms with van der Waals surface area (Å²) in [5, 5.41) is 15.2. The van der Waals surface area contributed by atoms with Crippen molar-refractivity contribution in [1.82, 2.24) is 9.78 Å². The average molecular weight is 294 g/mol. The quantitative estimate of drug-likeness (QED) is 0.482. The highest BCUT2D eigenvalue weighted by atomic mass is 35.5. The van der Waals surface area contributed by atoms with Crippen molar-refractivity contribution in [2.45, 2.75) is 19.8 Å². The van der Waals surface area contributed by atoms with Crippen molar-refractivity contribution < 1.29 is 9.72 Å². The number of nitro groups is 1. The van der Waals surface area contributed by atoms with E-state index in [1.807, 2.05) is 6.92 Å². The first-order valence-electron chi connectivity index (χ1n) is 6.05. The zero-order valence-electron chi connectivity index (χ0n) is 10.7. The van der Waals surface area contributed by atoms with Crippen LogP contribution in [0.3, 0.4) is 0 Å². The number of nitro benzene ring substituents is 1. The maximum Gasteiger partial charge on any atom is 0.271 e. The Kier molecular flexibility index (Phi) is 4.14. The number of non-ortho nitro benzene ring substituents is 1. The van der Waals surface area contributed by atoms with Crippen molar-refractivity contribution in [2.75, 3.05) is 0 Å². The SMILES string of the molecule is CCCc1nn(-c2cccc([N+](=O)[O-])c2)c(Cl)c1C=O. The summed E-state index contributed by atoms with van der Waals surface area (Å²) in [5.41, 5.74) is 1.33. The first-order chi connectivity index (χ1) is 9.58. The van der Waals surface area contributed by atoms with Crippen molar-refractivity contribution in [3.63, 3.8) is 0 Å². The Bertz CT molecular complexity index is 667. The predicted molar refractivity (Wildman–Crippen MR) is 74.6 cm³/mol. The van der Waals surface area contributed by atoms with Crippen LogP contribution in [0.2, 0.25) is 5.15 Å². The fourth-order valence-corrected chi connectivity index (χ4v) is 2.19. The molecule has 0 saturated carbocycles. The monoisotopic (exact) mass is 293 g/mol. The summed E-state index contributed by atoms with van der Waals surface area (Å²) in [7, 11) is 0. The molecule has 0 atom stereocenters. The Morgan fingerprint density at radius 3 is 2.85 bits per heavy atom. The first kappa shape index (κ1) is 14.2. The molecule has 0 unspecified atom stereocenters. The summed E-state index contributed by atoms with van der Waals surface area (Å²) < 4.78 is 1.35. The van der Waals surface area contributed by atoms with Crippen molar-refractivity contribution >= 4 is 23.6 Å². The fraction of sp³-hybridized carbons (Fsp3) is 0.231. The molecule has 7 heteroatoms. The molecule has 2 rings (SSSR count). The van der Waals surface area contributed by atoms with Gasteiger partial charge in [0.05, 0.1) is 21.9 Å². The molecule has 1 aromatic carbocycles. The van der Waals surface area contributed by atoms with E-state index in [0.29, 0.717) is 29.7 Å². The van der Waals surface area contributed by atoms with Gasteiger partial charge in [-0.1, -0.05) is 31.0 Å². The van der Waals surface area contributed by atoms with Crippen LogP contribution in [0.1, 0.15) is 29.4 Å². The van der Waals surface area contributed by atoms with Gasteiger partial charge in [0.1, 0.15) is 5.15 Å². The Labute approximate surface area is 120 Å². The number of aromatic nitrogens is 2. The number of hydrogen-bond acceptors (Lipinski definition) is 4. The predicted octanol–water partition coefficient (Wildman–Crippen LogP) is 3.20. The third-order valence-electron chi connectivity index (χ3n) is 2.83. The molecule has 2 aromatic rings. The lowest BCUT2D eigenvalue weighted by Crippen LogP contribution is -1.99. The molecule has 0 aliphatic rings. The van der Waals surface area contributed by atoms with E-state index in [4.69, 9.17) is 11.6 Å². The second kappa shape index (κ2) is 5.83. The van der Waals surface area contributed by atoms with Crippen LogP contribution in [-0.4, -0.2) is 21.0 Å². The summed E-state index contributed by atoms with van der Waals surface area (Å²) in [4.78, 5) is 21.4. The van der Waals surface area contributed by atoms with Crippen molar-refractivity contribution in [1.29, 1.82) is 0 Å². The van der Waals surface area contributed by atoms with E-state index in [0.717, 1.165) is 6.42 Å². The van der Waals surface area contributed by atoms with Crippen LogP contribution in [0.15, 0.2) is 24.3 Å². The van der Waals surface area contributed by atoms with Gasteiger partial charge in [0, 0.05) is 12.1 Å². The summed E-state index contributed by atoms with van der Waals surface area (Å²) in [5.74, 6) is 0. The number of hydrogen-bond donors (Lipinski definition) is 0. The van der Waals surface area contributed by atoms with Crippen LogP contribution in [0.4, 0.5) is 5.69 Å². The highest BCUT2D eigenvalue weighted by molar-refractivity contribution is 6.32. The molecular weight excluding hydrogens is 282 g/mol. The number of carbonyl (C=O) groups is 1. The third kappa shape index (κ3) is 2.55. The van der Waals surface area contributed by atoms with E-state index >= 15 is 0 Å². The molecule has 0 bridgehead atoms. The molecule has 0 saturated heterocycles. The van der Waals surface area contributed by atoms with Crippen molar-refractivity contribution in [3.8, 4) is 5.69 Å². The van der Waals surface area contributed by atoms with Gasteiger partial charge in [-0.15, -0.1) is 0 Å². The minimum absolute atomic E-state index is 0.0567. The van der Waals surface area contributed by atoms with E-state index in [9.17, 15) is 14.9 Å². The molecule has 0 aliphatic carbocycles. The molecule has 1 heterocycles. The van der Waals surface area contributed by atoms with E-state index in [1.165, 1.54) is 16.8 Å². The Hall–Kier alpha value is -2.21. The molecule has 0 aliphatic heterocycles. The Balaban J connectivity index is 2.55. The molecule has 0 amide bonds. The van der Waals surface area contributed by atoms with Gasteiger partial charge in [-0.05, 0) is 12.5 Å². The maximum absolute atomic E-state index is 11.1. The van der Waals surface area contributed by atoms with Gasteiger partial charge in [0.2, 0.25) is 0 Å². The Morgan fingerprint density at radius 2 is 2.25 bits per heavy atom. The highest BCUT2D eigenvalue weighted by Crippen LogP contribution is 2.25. The van der Waals surface area contributed by atoms with Crippen LogP contribution in [-0.2, 0) is 6.42 Å². The zero-order chi connectivity index (χ0) is 14.7. The third-order valence-corrected chi connectivity index (χ3v) is 3.19. The number of nitrogens with zero attached hydrogens (tertiary/aromatic N) is 3. The average Bonchev–Trinajstić information content (AvgIpc) is 2.75. The number of aldehydes is 1. The van der Waals surface area contributed by atoms with E-state index in [1.54, 1.807) is 12.1 Å². The number of halogens is 1. The number of carbonyl (C=O) groups excluding carboxylic acids is 1. The van der Waals surface area contributed by atoms with Gasteiger partial charge in [-0.25, -0.2) is 4.68 Å². The zero-order valence-corrected chi connectivity index (χ0v) is 11.5. The molecule has 20 heavy (non-hydrogen) atoms. The van der Waals surface area contributed by atoms with Crippen LogP contribution in [0, 0.1) is 10.1 Å². The minimum Gasteiger partial charge on any atom is -0.298 e. The van der Waals surface area contributed by atoms with Gasteiger partial charge in [-0.3, -0.25) is 14.9 Å². The minimum atomic E-state index is -0.492. The lowest BCUT2D eigenvalue weighted by Gasteiger charge is -2.02. The van der Waals surface area contributed by atoms with Gasteiger partial charge in [-0.2, -0.15) is 5.10 Å². The molecule has 0 radical (unpaired) electrons. The Morgan fingerprint density at radius 1 is 1.50 bits per heavy atom. The molecule has 0 N–H and O–H groups in total. The number of rotatable bonds is 5. The highest BCUT2D eigenvalue weighted by Gasteiger charge is 2.17. The second-order valence-corrected chi connectivity index (χ2v) is 4.57. The van der Waals surface area contributed by atoms with Gasteiger partial charge >= 0.3 is 0 Å². The summed E-state index contributed by atoms with van der Waals surface area (Å²) in [6.07, 6.45) is 2.10. The lowest BCUT2D eigenvalue weighted by atomic mass is 10.2. The summed E-state index contributed by atoms with van der Waals surface area (Å²) in [6, 6.07) is 5.94. The van der Waals surface area contributed by atoms with Gasteiger partial charge < -0.3 is 0 Å². The molecule has 1 aromatic heterocycles. The fourth-order valence-electron chi connectivity index (χ4n) is 1.90. The van der Waals surface area contributed by atoms with Crippen LogP contribution in [0.25, 0.3) is 5.69 Å². The normalized spacial score (nSPS) is 10.5. The summed E-state index contributed by atoms with van der Waals surface area (Å²) >= 11 is 6.13. The van der Waals surface area contributed by atoms with Crippen molar-refractivity contribution in [3.05, 3.63) is 50.8 Å². The summed E-state index contributed by atoms with van der Waals surface area (Å²) in [6.45, 7) is 1.97. The van der Waals surface area contributed by atoms with E-state index in [-0.39, 0.29) is 10.8 Å². The number of aryl methyl sites for hydroxylation is 1. The molecule has 0 fully saturated rings. The van der Waals surface area contributed by atoms with Crippen LogP contribution < -0.4 is 0 Å². The maximum atomic E-state index is 11.1. The van der Waals surface area contributed by atoms with Crippen LogP contribution >= 0.6 is 11.6 Å². The first-order valence-corrected chi connectivity index (χ1v) is 6.43. The molecular formula is C13H12ClN3O3. The molecule has 0 spiro atoms. The smallest absolute Gasteiger partial charge is 0.271 e. The van der Waals surface area contributed by atoms with Crippen LogP contribution in [0.5, 0.6) is 0 Å².